The summed E-state index contributed by atoms with van der Waals surface area (Å²) >= 11 is 0. The fourth-order valence-electron chi connectivity index (χ4n) is 2.40. The Bertz CT molecular complexity index is 146. The van der Waals surface area contributed by atoms with Crippen molar-refractivity contribution in [2.24, 2.45) is 0 Å². The number of nitrogens with one attached hydrogen (secondary N) is 1. The highest BCUT2D eigenvalue weighted by atomic mass is 15.2. The Labute approximate surface area is 89.1 Å². The van der Waals surface area contributed by atoms with E-state index in [1.165, 1.54) is 45.2 Å². The number of nitrogens with zero attached hydrogens (tertiary/aromatic N) is 1. The monoisotopic (exact) mass is 198 g/mol. The maximum atomic E-state index is 3.30. The lowest BCUT2D eigenvalue weighted by Crippen LogP contribution is -2.51. The summed E-state index contributed by atoms with van der Waals surface area (Å²) in [6, 6.07) is 0. The van der Waals surface area contributed by atoms with Gasteiger partial charge in [-0.25, -0.2) is 0 Å². The Morgan fingerprint density at radius 3 is 2.00 bits per heavy atom. The van der Waals surface area contributed by atoms with E-state index in [0.717, 1.165) is 6.54 Å². The molecule has 0 spiro atoms. The number of likely N-dealkylation sites (tertiary alicyclic amines) is 1. The van der Waals surface area contributed by atoms with Crippen LogP contribution >= 0.6 is 0 Å². The molecule has 2 nitrogen and oxygen atoms in total. The first-order valence-electron chi connectivity index (χ1n) is 6.06. The summed E-state index contributed by atoms with van der Waals surface area (Å²) in [5, 5.41) is 3.30. The highest BCUT2D eigenvalue weighted by Gasteiger charge is 2.25. The summed E-state index contributed by atoms with van der Waals surface area (Å²) in [7, 11) is 2.05. The Hall–Kier alpha value is -0.0800. The molecule has 1 N–H and O–H groups in total. The number of hydrogen-bond acceptors (Lipinski definition) is 2. The predicted molar refractivity (Wildman–Crippen MR) is 62.7 cm³/mol. The zero-order valence-corrected chi connectivity index (χ0v) is 10.1. The van der Waals surface area contributed by atoms with Gasteiger partial charge in [0, 0.05) is 12.1 Å². The van der Waals surface area contributed by atoms with Crippen LogP contribution in [-0.2, 0) is 0 Å². The first kappa shape index (κ1) is 12.0. The summed E-state index contributed by atoms with van der Waals surface area (Å²) < 4.78 is 0. The highest BCUT2D eigenvalue weighted by Crippen LogP contribution is 2.19. The molecule has 1 saturated heterocycles. The zero-order chi connectivity index (χ0) is 10.4. The number of rotatable bonds is 3. The maximum absolute atomic E-state index is 3.30. The van der Waals surface area contributed by atoms with Gasteiger partial charge in [0.15, 0.2) is 0 Å². The lowest BCUT2D eigenvalue weighted by Gasteiger charge is -2.39. The second kappa shape index (κ2) is 5.72. The SMILES string of the molecule is CNCC(C)(C)N1CCCCCCC1. The smallest absolute Gasteiger partial charge is 0.0277 e. The highest BCUT2D eigenvalue weighted by molar-refractivity contribution is 4.83. The molecule has 0 aromatic carbocycles. The minimum atomic E-state index is 0.325. The third-order valence-electron chi connectivity index (χ3n) is 3.32. The third kappa shape index (κ3) is 3.58. The predicted octanol–water partition coefficient (Wildman–Crippen LogP) is 2.25. The van der Waals surface area contributed by atoms with Crippen LogP contribution in [-0.4, -0.2) is 37.1 Å². The van der Waals surface area contributed by atoms with Gasteiger partial charge in [0.25, 0.3) is 0 Å². The molecule has 1 fully saturated rings. The first-order valence-corrected chi connectivity index (χ1v) is 6.06. The van der Waals surface area contributed by atoms with Crippen molar-refractivity contribution >= 4 is 0 Å². The Morgan fingerprint density at radius 1 is 1.00 bits per heavy atom. The molecule has 84 valence electrons. The van der Waals surface area contributed by atoms with Crippen LogP contribution in [0.3, 0.4) is 0 Å². The summed E-state index contributed by atoms with van der Waals surface area (Å²) in [4.78, 5) is 2.66. The van der Waals surface area contributed by atoms with E-state index < -0.39 is 0 Å². The van der Waals surface area contributed by atoms with Gasteiger partial charge in [-0.15, -0.1) is 0 Å². The lowest BCUT2D eigenvalue weighted by molar-refractivity contribution is 0.109. The molecule has 0 atom stereocenters. The van der Waals surface area contributed by atoms with Crippen LogP contribution in [0, 0.1) is 0 Å². The Kier molecular flexibility index (Phi) is 4.90. The molecule has 0 amide bonds. The average Bonchev–Trinajstić information content (AvgIpc) is 2.01. The van der Waals surface area contributed by atoms with Crippen LogP contribution in [0.2, 0.25) is 0 Å². The van der Waals surface area contributed by atoms with Gasteiger partial charge in [-0.05, 0) is 46.8 Å². The van der Waals surface area contributed by atoms with Crippen LogP contribution in [0.15, 0.2) is 0 Å². The molecule has 1 aliphatic rings. The molecule has 0 aliphatic carbocycles. The van der Waals surface area contributed by atoms with Crippen LogP contribution in [0.25, 0.3) is 0 Å². The van der Waals surface area contributed by atoms with Crippen molar-refractivity contribution in [3.8, 4) is 0 Å². The van der Waals surface area contributed by atoms with E-state index in [1.54, 1.807) is 0 Å². The molecule has 2 heteroatoms. The van der Waals surface area contributed by atoms with Gasteiger partial charge >= 0.3 is 0 Å². The minimum absolute atomic E-state index is 0.325. The maximum Gasteiger partial charge on any atom is 0.0277 e. The first-order chi connectivity index (χ1) is 6.67. The number of hydrogen-bond donors (Lipinski definition) is 1. The Balaban J connectivity index is 2.45. The molecular weight excluding hydrogens is 172 g/mol. The molecule has 14 heavy (non-hydrogen) atoms. The largest absolute Gasteiger partial charge is 0.318 e. The molecular formula is C12H26N2. The van der Waals surface area contributed by atoms with E-state index in [-0.39, 0.29) is 0 Å². The third-order valence-corrected chi connectivity index (χ3v) is 3.32. The van der Waals surface area contributed by atoms with E-state index in [9.17, 15) is 0 Å². The molecule has 0 aromatic heterocycles. The molecule has 0 unspecified atom stereocenters. The molecule has 1 heterocycles. The van der Waals surface area contributed by atoms with Crippen molar-refractivity contribution in [1.29, 1.82) is 0 Å². The summed E-state index contributed by atoms with van der Waals surface area (Å²) in [6.07, 6.45) is 7.05. The van der Waals surface area contributed by atoms with Crippen molar-refractivity contribution in [3.63, 3.8) is 0 Å². The van der Waals surface area contributed by atoms with Gasteiger partial charge in [-0.1, -0.05) is 19.3 Å². The second-order valence-corrected chi connectivity index (χ2v) is 5.10. The lowest BCUT2D eigenvalue weighted by atomic mass is 9.99. The van der Waals surface area contributed by atoms with Crippen molar-refractivity contribution < 1.29 is 0 Å². The summed E-state index contributed by atoms with van der Waals surface area (Å²) in [5.41, 5.74) is 0.325. The van der Waals surface area contributed by atoms with Crippen molar-refractivity contribution in [1.82, 2.24) is 10.2 Å². The topological polar surface area (TPSA) is 15.3 Å². The summed E-state index contributed by atoms with van der Waals surface area (Å²) in [6.45, 7) is 8.37. The van der Waals surface area contributed by atoms with E-state index in [2.05, 4.69) is 24.1 Å². The molecule has 1 aliphatic heterocycles. The minimum Gasteiger partial charge on any atom is -0.318 e. The fourth-order valence-corrected chi connectivity index (χ4v) is 2.40. The average molecular weight is 198 g/mol. The van der Waals surface area contributed by atoms with Crippen molar-refractivity contribution in [2.45, 2.75) is 51.5 Å². The van der Waals surface area contributed by atoms with Crippen LogP contribution in [0.1, 0.15) is 46.0 Å². The van der Waals surface area contributed by atoms with Crippen LogP contribution < -0.4 is 5.32 Å². The van der Waals surface area contributed by atoms with Gasteiger partial charge in [-0.2, -0.15) is 0 Å². The molecule has 0 bridgehead atoms. The van der Waals surface area contributed by atoms with E-state index in [1.807, 2.05) is 7.05 Å². The quantitative estimate of drug-likeness (QED) is 0.748. The van der Waals surface area contributed by atoms with Crippen LogP contribution in [0.5, 0.6) is 0 Å². The standard InChI is InChI=1S/C12H26N2/c1-12(2,11-13-3)14-9-7-5-4-6-8-10-14/h13H,4-11H2,1-3H3. The van der Waals surface area contributed by atoms with Gasteiger partial charge < -0.3 is 5.32 Å². The van der Waals surface area contributed by atoms with Gasteiger partial charge in [0.1, 0.15) is 0 Å². The van der Waals surface area contributed by atoms with E-state index in [0.29, 0.717) is 5.54 Å². The molecule has 1 rings (SSSR count). The zero-order valence-electron chi connectivity index (χ0n) is 10.1. The van der Waals surface area contributed by atoms with E-state index >= 15 is 0 Å². The van der Waals surface area contributed by atoms with Gasteiger partial charge in [0.2, 0.25) is 0 Å². The summed E-state index contributed by atoms with van der Waals surface area (Å²) in [5.74, 6) is 0. The van der Waals surface area contributed by atoms with Gasteiger partial charge in [0.05, 0.1) is 0 Å². The number of likely N-dealkylation sites (N-methyl/N-ethyl adjacent to an activating group) is 1. The second-order valence-electron chi connectivity index (χ2n) is 5.10. The van der Waals surface area contributed by atoms with E-state index in [4.69, 9.17) is 0 Å². The fraction of sp³-hybridized carbons (Fsp3) is 1.00. The molecule has 0 saturated carbocycles. The van der Waals surface area contributed by atoms with Crippen molar-refractivity contribution in [3.05, 3.63) is 0 Å². The van der Waals surface area contributed by atoms with Gasteiger partial charge in [-0.3, -0.25) is 4.90 Å². The van der Waals surface area contributed by atoms with Crippen molar-refractivity contribution in [2.75, 3.05) is 26.7 Å². The Morgan fingerprint density at radius 2 is 1.50 bits per heavy atom. The van der Waals surface area contributed by atoms with Crippen LogP contribution in [0.4, 0.5) is 0 Å². The molecule has 0 radical (unpaired) electrons. The normalized spacial score (nSPS) is 21.6. The molecule has 0 aromatic rings.